The second-order valence-electron chi connectivity index (χ2n) is 3.31. The summed E-state index contributed by atoms with van der Waals surface area (Å²) in [6, 6.07) is 0. The van der Waals surface area contributed by atoms with E-state index in [0.717, 1.165) is 19.4 Å². The van der Waals surface area contributed by atoms with E-state index >= 15 is 0 Å². The lowest BCUT2D eigenvalue weighted by molar-refractivity contribution is -0.119. The number of Topliss-reactive ketones (excluding diaryl/α,β-unsaturated/α-hetero) is 1. The molecule has 2 aliphatic rings. The van der Waals surface area contributed by atoms with Crippen molar-refractivity contribution in [3.05, 3.63) is 11.3 Å². The second-order valence-corrected chi connectivity index (χ2v) is 3.31. The van der Waals surface area contributed by atoms with Crippen LogP contribution in [0.3, 0.4) is 0 Å². The van der Waals surface area contributed by atoms with Crippen molar-refractivity contribution >= 4 is 11.7 Å². The van der Waals surface area contributed by atoms with Crippen molar-refractivity contribution in [3.8, 4) is 0 Å². The number of rotatable bonds is 0. The zero-order valence-corrected chi connectivity index (χ0v) is 7.35. The highest BCUT2D eigenvalue weighted by Gasteiger charge is 2.26. The molecule has 1 saturated heterocycles. The summed E-state index contributed by atoms with van der Waals surface area (Å²) in [5.74, 6) is -0.00366. The van der Waals surface area contributed by atoms with Gasteiger partial charge in [-0.05, 0) is 12.8 Å². The molecular formula is C9H12N2O2. The maximum atomic E-state index is 11.3. The van der Waals surface area contributed by atoms with Crippen molar-refractivity contribution in [2.24, 2.45) is 0 Å². The number of amides is 1. The lowest BCUT2D eigenvalue weighted by Crippen LogP contribution is -2.44. The first-order chi connectivity index (χ1) is 6.29. The Hall–Kier alpha value is -1.32. The van der Waals surface area contributed by atoms with Crippen LogP contribution in [0.2, 0.25) is 0 Å². The van der Waals surface area contributed by atoms with Gasteiger partial charge in [-0.15, -0.1) is 0 Å². The quantitative estimate of drug-likeness (QED) is 0.504. The summed E-state index contributed by atoms with van der Waals surface area (Å²) in [6.45, 7) is 1.36. The smallest absolute Gasteiger partial charge is 0.267 e. The van der Waals surface area contributed by atoms with Gasteiger partial charge in [0.1, 0.15) is 5.70 Å². The number of carbonyl (C=O) groups is 2. The van der Waals surface area contributed by atoms with Crippen LogP contribution in [0.15, 0.2) is 11.3 Å². The average Bonchev–Trinajstić information content (AvgIpc) is 2.52. The van der Waals surface area contributed by atoms with Crippen molar-refractivity contribution in [1.82, 2.24) is 10.6 Å². The molecule has 2 fully saturated rings. The summed E-state index contributed by atoms with van der Waals surface area (Å²) in [6.07, 6.45) is 2.22. The molecule has 0 bridgehead atoms. The van der Waals surface area contributed by atoms with E-state index in [-0.39, 0.29) is 11.7 Å². The molecule has 2 N–H and O–H groups in total. The summed E-state index contributed by atoms with van der Waals surface area (Å²) in [5.41, 5.74) is 1.20. The Morgan fingerprint density at radius 1 is 1.00 bits per heavy atom. The van der Waals surface area contributed by atoms with Crippen LogP contribution in [0.4, 0.5) is 0 Å². The first-order valence-electron chi connectivity index (χ1n) is 4.57. The SMILES string of the molecule is O=C1CCC/C1=C1/NCCNC1=O. The van der Waals surface area contributed by atoms with Gasteiger partial charge in [-0.3, -0.25) is 9.59 Å². The van der Waals surface area contributed by atoms with E-state index < -0.39 is 0 Å². The van der Waals surface area contributed by atoms with E-state index in [9.17, 15) is 9.59 Å². The standard InChI is InChI=1S/C9H12N2O2/c12-7-3-1-2-6(7)8-9(13)11-5-4-10-8/h10H,1-5H2,(H,11,13)/b8-6-. The van der Waals surface area contributed by atoms with Crippen molar-refractivity contribution < 1.29 is 9.59 Å². The third kappa shape index (κ3) is 1.43. The lowest BCUT2D eigenvalue weighted by atomic mass is 10.1. The first kappa shape index (κ1) is 8.29. The zero-order chi connectivity index (χ0) is 9.26. The highest BCUT2D eigenvalue weighted by molar-refractivity contribution is 6.06. The fraction of sp³-hybridized carbons (Fsp3) is 0.556. The van der Waals surface area contributed by atoms with E-state index in [1.807, 2.05) is 0 Å². The fourth-order valence-electron chi connectivity index (χ4n) is 1.76. The molecule has 4 nitrogen and oxygen atoms in total. The topological polar surface area (TPSA) is 58.2 Å². The molecule has 0 radical (unpaired) electrons. The summed E-state index contributed by atoms with van der Waals surface area (Å²) in [4.78, 5) is 22.7. The van der Waals surface area contributed by atoms with E-state index in [1.165, 1.54) is 0 Å². The van der Waals surface area contributed by atoms with Gasteiger partial charge in [-0.2, -0.15) is 0 Å². The molecule has 4 heteroatoms. The van der Waals surface area contributed by atoms with Crippen LogP contribution in [-0.4, -0.2) is 24.8 Å². The van der Waals surface area contributed by atoms with Crippen molar-refractivity contribution in [3.63, 3.8) is 0 Å². The van der Waals surface area contributed by atoms with Crippen LogP contribution in [0, 0.1) is 0 Å². The third-order valence-electron chi connectivity index (χ3n) is 2.41. The maximum Gasteiger partial charge on any atom is 0.267 e. The summed E-state index contributed by atoms with van der Waals surface area (Å²) >= 11 is 0. The minimum atomic E-state index is -0.128. The molecule has 1 aliphatic heterocycles. The van der Waals surface area contributed by atoms with Crippen LogP contribution < -0.4 is 10.6 Å². The molecule has 0 unspecified atom stereocenters. The molecule has 1 saturated carbocycles. The lowest BCUT2D eigenvalue weighted by Gasteiger charge is -2.18. The molecule has 0 aromatic heterocycles. The molecule has 0 spiro atoms. The molecule has 1 heterocycles. The van der Waals surface area contributed by atoms with Crippen LogP contribution in [0.1, 0.15) is 19.3 Å². The Balaban J connectivity index is 2.29. The van der Waals surface area contributed by atoms with Gasteiger partial charge in [-0.25, -0.2) is 0 Å². The van der Waals surface area contributed by atoms with Gasteiger partial charge >= 0.3 is 0 Å². The van der Waals surface area contributed by atoms with E-state index in [4.69, 9.17) is 0 Å². The highest BCUT2D eigenvalue weighted by atomic mass is 16.2. The molecule has 1 aliphatic carbocycles. The Labute approximate surface area is 76.4 Å². The molecule has 13 heavy (non-hydrogen) atoms. The molecule has 1 amide bonds. The molecule has 0 aromatic rings. The number of ketones is 1. The van der Waals surface area contributed by atoms with Gasteiger partial charge in [0.05, 0.1) is 0 Å². The monoisotopic (exact) mass is 180 g/mol. The van der Waals surface area contributed by atoms with Gasteiger partial charge in [0.2, 0.25) is 0 Å². The Morgan fingerprint density at radius 3 is 2.38 bits per heavy atom. The van der Waals surface area contributed by atoms with Crippen LogP contribution in [-0.2, 0) is 9.59 Å². The molecular weight excluding hydrogens is 168 g/mol. The van der Waals surface area contributed by atoms with E-state index in [1.54, 1.807) is 0 Å². The number of hydrogen-bond acceptors (Lipinski definition) is 3. The average molecular weight is 180 g/mol. The number of nitrogens with one attached hydrogen (secondary N) is 2. The van der Waals surface area contributed by atoms with Crippen molar-refractivity contribution in [2.75, 3.05) is 13.1 Å². The minimum Gasteiger partial charge on any atom is -0.379 e. The molecule has 2 rings (SSSR count). The zero-order valence-electron chi connectivity index (χ0n) is 7.35. The molecule has 0 aromatic carbocycles. The number of hydrogen-bond donors (Lipinski definition) is 2. The van der Waals surface area contributed by atoms with Gasteiger partial charge < -0.3 is 10.6 Å². The normalized spacial score (nSPS) is 28.6. The van der Waals surface area contributed by atoms with Crippen LogP contribution in [0.5, 0.6) is 0 Å². The van der Waals surface area contributed by atoms with Gasteiger partial charge in [-0.1, -0.05) is 0 Å². The number of allylic oxidation sites excluding steroid dienone is 1. The Morgan fingerprint density at radius 2 is 1.77 bits per heavy atom. The van der Waals surface area contributed by atoms with E-state index in [2.05, 4.69) is 10.6 Å². The second kappa shape index (κ2) is 3.20. The van der Waals surface area contributed by atoms with Crippen LogP contribution >= 0.6 is 0 Å². The van der Waals surface area contributed by atoms with Crippen molar-refractivity contribution in [1.29, 1.82) is 0 Å². The highest BCUT2D eigenvalue weighted by Crippen LogP contribution is 2.23. The summed E-state index contributed by atoms with van der Waals surface area (Å²) < 4.78 is 0. The van der Waals surface area contributed by atoms with Crippen LogP contribution in [0.25, 0.3) is 0 Å². The first-order valence-corrected chi connectivity index (χ1v) is 4.57. The Kier molecular flexibility index (Phi) is 2.04. The predicted molar refractivity (Wildman–Crippen MR) is 46.9 cm³/mol. The van der Waals surface area contributed by atoms with Crippen molar-refractivity contribution in [2.45, 2.75) is 19.3 Å². The summed E-state index contributed by atoms with van der Waals surface area (Å²) in [5, 5.41) is 5.71. The number of carbonyl (C=O) groups excluding carboxylic acids is 2. The fourth-order valence-corrected chi connectivity index (χ4v) is 1.76. The maximum absolute atomic E-state index is 11.3. The van der Waals surface area contributed by atoms with E-state index in [0.29, 0.717) is 24.2 Å². The van der Waals surface area contributed by atoms with Gasteiger partial charge in [0.25, 0.3) is 5.91 Å². The van der Waals surface area contributed by atoms with Gasteiger partial charge in [0, 0.05) is 25.1 Å². The molecule has 0 atom stereocenters. The Bertz CT molecular complexity index is 294. The van der Waals surface area contributed by atoms with Gasteiger partial charge in [0.15, 0.2) is 5.78 Å². The minimum absolute atomic E-state index is 0.125. The number of piperazine rings is 1. The predicted octanol–water partition coefficient (Wildman–Crippen LogP) is -0.287. The largest absolute Gasteiger partial charge is 0.379 e. The third-order valence-corrected chi connectivity index (χ3v) is 2.41. The summed E-state index contributed by atoms with van der Waals surface area (Å²) in [7, 11) is 0. The molecule has 70 valence electrons.